The zero-order valence-corrected chi connectivity index (χ0v) is 11.5. The first kappa shape index (κ1) is 13.9. The molecular weight excluding hydrogens is 240 g/mol. The lowest BCUT2D eigenvalue weighted by atomic mass is 10.1. The van der Waals surface area contributed by atoms with Crippen LogP contribution in [-0.2, 0) is 16.1 Å². The van der Waals surface area contributed by atoms with Gasteiger partial charge in [-0.05, 0) is 30.9 Å². The van der Waals surface area contributed by atoms with Crippen molar-refractivity contribution in [1.82, 2.24) is 4.90 Å². The summed E-state index contributed by atoms with van der Waals surface area (Å²) >= 11 is 0. The number of hydrogen-bond donors (Lipinski definition) is 1. The summed E-state index contributed by atoms with van der Waals surface area (Å²) in [5.41, 5.74) is 7.69. The minimum Gasteiger partial charge on any atom is -0.398 e. The molecule has 4 heteroatoms. The Morgan fingerprint density at radius 2 is 2.26 bits per heavy atom. The molecule has 0 spiro atoms. The molecule has 1 heterocycles. The lowest BCUT2D eigenvalue weighted by Crippen LogP contribution is -2.39. The molecule has 19 heavy (non-hydrogen) atoms. The Labute approximate surface area is 114 Å². The maximum atomic E-state index is 12.4. The van der Waals surface area contributed by atoms with Gasteiger partial charge in [0, 0.05) is 25.4 Å². The van der Waals surface area contributed by atoms with Gasteiger partial charge in [0.2, 0.25) is 0 Å². The number of carbonyl (C=O) groups excluding carboxylic acids is 1. The topological polar surface area (TPSA) is 55.6 Å². The number of nitrogen functional groups attached to an aromatic ring is 1. The molecule has 0 radical (unpaired) electrons. The molecule has 2 rings (SSSR count). The van der Waals surface area contributed by atoms with Crippen LogP contribution < -0.4 is 5.73 Å². The molecule has 1 aliphatic heterocycles. The first-order valence-electron chi connectivity index (χ1n) is 6.96. The lowest BCUT2D eigenvalue weighted by molar-refractivity contribution is -0.141. The largest absolute Gasteiger partial charge is 0.398 e. The van der Waals surface area contributed by atoms with Crippen LogP contribution >= 0.6 is 0 Å². The molecule has 0 bridgehead atoms. The maximum absolute atomic E-state index is 12.4. The first-order valence-corrected chi connectivity index (χ1v) is 6.96. The number of hydrogen-bond acceptors (Lipinski definition) is 3. The summed E-state index contributed by atoms with van der Waals surface area (Å²) in [5, 5.41) is 0. The molecule has 4 nitrogen and oxygen atoms in total. The van der Waals surface area contributed by atoms with Crippen molar-refractivity contribution in [2.24, 2.45) is 0 Å². The number of amides is 1. The van der Waals surface area contributed by atoms with E-state index in [0.29, 0.717) is 13.2 Å². The Bertz CT molecular complexity index is 428. The molecule has 2 N–H and O–H groups in total. The summed E-state index contributed by atoms with van der Waals surface area (Å²) in [6.45, 7) is 4.08. The normalized spacial score (nSPS) is 18.5. The van der Waals surface area contributed by atoms with Crippen molar-refractivity contribution in [1.29, 1.82) is 0 Å². The van der Waals surface area contributed by atoms with Gasteiger partial charge in [0.15, 0.2) is 0 Å². The zero-order chi connectivity index (χ0) is 13.7. The smallest absolute Gasteiger partial charge is 0.251 e. The number of ether oxygens (including phenoxy) is 1. The van der Waals surface area contributed by atoms with Crippen molar-refractivity contribution in [2.45, 2.75) is 38.8 Å². The van der Waals surface area contributed by atoms with E-state index in [1.165, 1.54) is 0 Å². The fourth-order valence-electron chi connectivity index (χ4n) is 2.40. The fourth-order valence-corrected chi connectivity index (χ4v) is 2.40. The first-order chi connectivity index (χ1) is 9.22. The number of nitrogens with zero attached hydrogens (tertiary/aromatic N) is 1. The van der Waals surface area contributed by atoms with Crippen molar-refractivity contribution in [3.8, 4) is 0 Å². The summed E-state index contributed by atoms with van der Waals surface area (Å²) in [4.78, 5) is 14.3. The molecule has 1 atom stereocenters. The number of benzene rings is 1. The van der Waals surface area contributed by atoms with Crippen molar-refractivity contribution in [3.63, 3.8) is 0 Å². The lowest BCUT2D eigenvalue weighted by Gasteiger charge is -2.25. The summed E-state index contributed by atoms with van der Waals surface area (Å²) in [6.07, 6.45) is 2.50. The highest BCUT2D eigenvalue weighted by molar-refractivity contribution is 5.81. The van der Waals surface area contributed by atoms with Crippen LogP contribution in [0.3, 0.4) is 0 Å². The third kappa shape index (κ3) is 3.47. The monoisotopic (exact) mass is 262 g/mol. The van der Waals surface area contributed by atoms with E-state index in [0.717, 1.165) is 37.1 Å². The SMILES string of the molecule is CCCN(Cc1ccccc1N)C(=O)C1CCCO1. The standard InChI is InChI=1S/C15H22N2O2/c1-2-9-17(15(18)14-8-5-10-19-14)11-12-6-3-4-7-13(12)16/h3-4,6-7,14H,2,5,8-11,16H2,1H3. The third-order valence-electron chi connectivity index (χ3n) is 3.43. The van der Waals surface area contributed by atoms with Crippen LogP contribution in [0.2, 0.25) is 0 Å². The highest BCUT2D eigenvalue weighted by Gasteiger charge is 2.28. The summed E-state index contributed by atoms with van der Waals surface area (Å²) < 4.78 is 5.49. The van der Waals surface area contributed by atoms with Gasteiger partial charge in [-0.25, -0.2) is 0 Å². The average molecular weight is 262 g/mol. The van der Waals surface area contributed by atoms with Gasteiger partial charge in [-0.2, -0.15) is 0 Å². The minimum absolute atomic E-state index is 0.0996. The van der Waals surface area contributed by atoms with Gasteiger partial charge in [0.25, 0.3) is 5.91 Å². The summed E-state index contributed by atoms with van der Waals surface area (Å²) in [6, 6.07) is 7.70. The highest BCUT2D eigenvalue weighted by Crippen LogP contribution is 2.19. The predicted octanol–water partition coefficient (Wildman–Crippen LogP) is 2.19. The van der Waals surface area contributed by atoms with Crippen molar-refractivity contribution >= 4 is 11.6 Å². The molecule has 1 aliphatic rings. The molecule has 0 aliphatic carbocycles. The maximum Gasteiger partial charge on any atom is 0.251 e. The molecule has 1 saturated heterocycles. The molecule has 1 fully saturated rings. The minimum atomic E-state index is -0.253. The number of para-hydroxylation sites is 1. The third-order valence-corrected chi connectivity index (χ3v) is 3.43. The quantitative estimate of drug-likeness (QED) is 0.828. The van der Waals surface area contributed by atoms with Crippen LogP contribution in [0.25, 0.3) is 0 Å². The molecule has 1 aromatic rings. The average Bonchev–Trinajstić information content (AvgIpc) is 2.94. The Morgan fingerprint density at radius 3 is 2.89 bits per heavy atom. The van der Waals surface area contributed by atoms with Crippen molar-refractivity contribution in [2.75, 3.05) is 18.9 Å². The van der Waals surface area contributed by atoms with Crippen LogP contribution in [0, 0.1) is 0 Å². The van der Waals surface area contributed by atoms with Gasteiger partial charge < -0.3 is 15.4 Å². The zero-order valence-electron chi connectivity index (χ0n) is 11.5. The highest BCUT2D eigenvalue weighted by atomic mass is 16.5. The van der Waals surface area contributed by atoms with E-state index in [1.54, 1.807) is 0 Å². The van der Waals surface area contributed by atoms with E-state index >= 15 is 0 Å². The Kier molecular flexibility index (Phi) is 4.80. The molecule has 1 amide bonds. The Morgan fingerprint density at radius 1 is 1.47 bits per heavy atom. The van der Waals surface area contributed by atoms with E-state index in [1.807, 2.05) is 29.2 Å². The molecule has 1 unspecified atom stereocenters. The van der Waals surface area contributed by atoms with Crippen molar-refractivity contribution < 1.29 is 9.53 Å². The molecule has 0 saturated carbocycles. The molecule has 104 valence electrons. The van der Waals surface area contributed by atoms with Crippen LogP contribution in [0.15, 0.2) is 24.3 Å². The molecule has 0 aromatic heterocycles. The van der Waals surface area contributed by atoms with E-state index in [4.69, 9.17) is 10.5 Å². The predicted molar refractivity (Wildman–Crippen MR) is 75.5 cm³/mol. The summed E-state index contributed by atoms with van der Waals surface area (Å²) in [7, 11) is 0. The molecule has 1 aromatic carbocycles. The second-order valence-electron chi connectivity index (χ2n) is 4.96. The van der Waals surface area contributed by atoms with E-state index in [9.17, 15) is 4.79 Å². The van der Waals surface area contributed by atoms with Gasteiger partial charge in [0.1, 0.15) is 6.10 Å². The van der Waals surface area contributed by atoms with Crippen molar-refractivity contribution in [3.05, 3.63) is 29.8 Å². The molecular formula is C15H22N2O2. The Hall–Kier alpha value is -1.55. The van der Waals surface area contributed by atoms with Crippen LogP contribution in [-0.4, -0.2) is 30.1 Å². The van der Waals surface area contributed by atoms with Gasteiger partial charge in [-0.3, -0.25) is 4.79 Å². The van der Waals surface area contributed by atoms with Crippen LogP contribution in [0.5, 0.6) is 0 Å². The number of anilines is 1. The second-order valence-corrected chi connectivity index (χ2v) is 4.96. The van der Waals surface area contributed by atoms with E-state index in [-0.39, 0.29) is 12.0 Å². The Balaban J connectivity index is 2.07. The fraction of sp³-hybridized carbons (Fsp3) is 0.533. The van der Waals surface area contributed by atoms with E-state index < -0.39 is 0 Å². The number of nitrogens with two attached hydrogens (primary N) is 1. The van der Waals surface area contributed by atoms with Gasteiger partial charge in [-0.1, -0.05) is 25.1 Å². The number of rotatable bonds is 5. The van der Waals surface area contributed by atoms with Gasteiger partial charge in [0.05, 0.1) is 0 Å². The number of carbonyl (C=O) groups is 1. The van der Waals surface area contributed by atoms with Gasteiger partial charge in [-0.15, -0.1) is 0 Å². The van der Waals surface area contributed by atoms with Crippen LogP contribution in [0.1, 0.15) is 31.7 Å². The van der Waals surface area contributed by atoms with Gasteiger partial charge >= 0.3 is 0 Å². The van der Waals surface area contributed by atoms with E-state index in [2.05, 4.69) is 6.92 Å². The summed E-state index contributed by atoms with van der Waals surface area (Å²) in [5.74, 6) is 0.0996. The van der Waals surface area contributed by atoms with Crippen LogP contribution in [0.4, 0.5) is 5.69 Å². The second kappa shape index (κ2) is 6.57.